The van der Waals surface area contributed by atoms with Crippen molar-refractivity contribution < 1.29 is 13.6 Å². The van der Waals surface area contributed by atoms with Crippen LogP contribution in [0, 0.1) is 11.6 Å². The first-order valence-electron chi connectivity index (χ1n) is 7.86. The molecule has 0 aromatic heterocycles. The van der Waals surface area contributed by atoms with Crippen molar-refractivity contribution in [3.63, 3.8) is 0 Å². The number of fused-ring (bicyclic) bond motifs is 1. The zero-order valence-corrected chi connectivity index (χ0v) is 13.0. The summed E-state index contributed by atoms with van der Waals surface area (Å²) >= 11 is 0. The molecule has 0 saturated heterocycles. The molecule has 2 aromatic carbocycles. The molecule has 0 saturated carbocycles. The summed E-state index contributed by atoms with van der Waals surface area (Å²) in [6.07, 6.45) is 1.92. The Labute approximate surface area is 134 Å². The molecule has 2 unspecified atom stereocenters. The van der Waals surface area contributed by atoms with E-state index < -0.39 is 0 Å². The Morgan fingerprint density at radius 2 is 2.00 bits per heavy atom. The monoisotopic (exact) mass is 315 g/mol. The summed E-state index contributed by atoms with van der Waals surface area (Å²) < 4.78 is 26.7. The molecule has 0 heterocycles. The topological polar surface area (TPSA) is 29.1 Å². The van der Waals surface area contributed by atoms with Crippen LogP contribution in [0.15, 0.2) is 42.5 Å². The molecule has 2 nitrogen and oxygen atoms in total. The minimum atomic E-state index is -0.296. The van der Waals surface area contributed by atoms with E-state index in [4.69, 9.17) is 0 Å². The molecule has 4 heteroatoms. The Kier molecular flexibility index (Phi) is 4.42. The predicted octanol–water partition coefficient (Wildman–Crippen LogP) is 4.26. The third-order valence-electron chi connectivity index (χ3n) is 4.43. The zero-order valence-electron chi connectivity index (χ0n) is 13.0. The van der Waals surface area contributed by atoms with Crippen molar-refractivity contribution in [1.29, 1.82) is 0 Å². The van der Waals surface area contributed by atoms with Gasteiger partial charge in [-0.3, -0.25) is 4.79 Å². The van der Waals surface area contributed by atoms with Gasteiger partial charge in [-0.25, -0.2) is 8.78 Å². The Morgan fingerprint density at radius 3 is 2.78 bits per heavy atom. The van der Waals surface area contributed by atoms with E-state index >= 15 is 0 Å². The number of hydrogen-bond donors (Lipinski definition) is 1. The van der Waals surface area contributed by atoms with Crippen molar-refractivity contribution in [3.8, 4) is 0 Å². The molecular formula is C19H19F2NO. The summed E-state index contributed by atoms with van der Waals surface area (Å²) in [5.74, 6) is -0.740. The molecule has 2 aromatic rings. The number of carbonyl (C=O) groups is 1. The lowest BCUT2D eigenvalue weighted by Crippen LogP contribution is -2.28. The van der Waals surface area contributed by atoms with Gasteiger partial charge in [0.25, 0.3) is 0 Å². The van der Waals surface area contributed by atoms with Gasteiger partial charge in [-0.15, -0.1) is 0 Å². The van der Waals surface area contributed by atoms with Crippen molar-refractivity contribution in [2.24, 2.45) is 0 Å². The smallest absolute Gasteiger partial charge is 0.221 e. The number of amides is 1. The molecule has 1 aliphatic rings. The molecule has 0 fully saturated rings. The standard InChI is InChI=1S/C19H19F2NO/c1-12(14-3-2-4-15(20)10-14)9-19(23)22-18-8-6-13-5-7-16(21)11-17(13)18/h2-5,7,10-12,18H,6,8-9H2,1H3,(H,22,23). The first-order chi connectivity index (χ1) is 11.0. The van der Waals surface area contributed by atoms with Crippen LogP contribution in [0.25, 0.3) is 0 Å². The van der Waals surface area contributed by atoms with Gasteiger partial charge in [0, 0.05) is 6.42 Å². The summed E-state index contributed by atoms with van der Waals surface area (Å²) in [4.78, 5) is 12.3. The van der Waals surface area contributed by atoms with Crippen LogP contribution in [0.4, 0.5) is 8.78 Å². The second-order valence-corrected chi connectivity index (χ2v) is 6.16. The summed E-state index contributed by atoms with van der Waals surface area (Å²) in [5, 5.41) is 2.98. The maximum Gasteiger partial charge on any atom is 0.221 e. The normalized spacial score (nSPS) is 17.6. The molecule has 2 atom stereocenters. The highest BCUT2D eigenvalue weighted by Gasteiger charge is 2.25. The highest BCUT2D eigenvalue weighted by molar-refractivity contribution is 5.77. The van der Waals surface area contributed by atoms with Crippen LogP contribution in [-0.4, -0.2) is 5.91 Å². The zero-order chi connectivity index (χ0) is 16.4. The lowest BCUT2D eigenvalue weighted by molar-refractivity contribution is -0.122. The van der Waals surface area contributed by atoms with Crippen LogP contribution in [0.3, 0.4) is 0 Å². The highest BCUT2D eigenvalue weighted by atomic mass is 19.1. The average molecular weight is 315 g/mol. The molecular weight excluding hydrogens is 296 g/mol. The molecule has 3 rings (SSSR count). The van der Waals surface area contributed by atoms with E-state index in [2.05, 4.69) is 5.32 Å². The molecule has 23 heavy (non-hydrogen) atoms. The molecule has 0 radical (unpaired) electrons. The van der Waals surface area contributed by atoms with Gasteiger partial charge < -0.3 is 5.32 Å². The second kappa shape index (κ2) is 6.49. The lowest BCUT2D eigenvalue weighted by Gasteiger charge is -2.17. The SMILES string of the molecule is CC(CC(=O)NC1CCc2ccc(F)cc21)c1cccc(F)c1. The fourth-order valence-corrected chi connectivity index (χ4v) is 3.19. The van der Waals surface area contributed by atoms with E-state index in [-0.39, 0.29) is 35.9 Å². The first kappa shape index (κ1) is 15.7. The van der Waals surface area contributed by atoms with E-state index in [0.717, 1.165) is 29.5 Å². The fourth-order valence-electron chi connectivity index (χ4n) is 3.19. The maximum absolute atomic E-state index is 13.4. The van der Waals surface area contributed by atoms with Crippen LogP contribution in [0.1, 0.15) is 48.4 Å². The predicted molar refractivity (Wildman–Crippen MR) is 85.0 cm³/mol. The van der Waals surface area contributed by atoms with E-state index in [9.17, 15) is 13.6 Å². The van der Waals surface area contributed by atoms with Gasteiger partial charge in [0.05, 0.1) is 6.04 Å². The van der Waals surface area contributed by atoms with Crippen molar-refractivity contribution in [1.82, 2.24) is 5.32 Å². The summed E-state index contributed by atoms with van der Waals surface area (Å²) in [6.45, 7) is 1.90. The summed E-state index contributed by atoms with van der Waals surface area (Å²) in [7, 11) is 0. The Bertz CT molecular complexity index is 729. The van der Waals surface area contributed by atoms with Gasteiger partial charge >= 0.3 is 0 Å². The minimum Gasteiger partial charge on any atom is -0.349 e. The number of aryl methyl sites for hydroxylation is 1. The van der Waals surface area contributed by atoms with Gasteiger partial charge in [-0.2, -0.15) is 0 Å². The lowest BCUT2D eigenvalue weighted by atomic mass is 9.97. The van der Waals surface area contributed by atoms with Crippen molar-refractivity contribution in [2.75, 3.05) is 0 Å². The Hall–Kier alpha value is -2.23. The maximum atomic E-state index is 13.4. The molecule has 1 aliphatic carbocycles. The van der Waals surface area contributed by atoms with Crippen LogP contribution in [0.5, 0.6) is 0 Å². The van der Waals surface area contributed by atoms with Crippen molar-refractivity contribution in [3.05, 3.63) is 70.8 Å². The number of hydrogen-bond acceptors (Lipinski definition) is 1. The van der Waals surface area contributed by atoms with E-state index in [0.29, 0.717) is 0 Å². The summed E-state index contributed by atoms with van der Waals surface area (Å²) in [5.41, 5.74) is 2.77. The van der Waals surface area contributed by atoms with Gasteiger partial charge in [0.1, 0.15) is 11.6 Å². The van der Waals surface area contributed by atoms with Crippen molar-refractivity contribution in [2.45, 2.75) is 38.1 Å². The number of rotatable bonds is 4. The highest BCUT2D eigenvalue weighted by Crippen LogP contribution is 2.32. The van der Waals surface area contributed by atoms with Crippen LogP contribution in [-0.2, 0) is 11.2 Å². The molecule has 0 bridgehead atoms. The van der Waals surface area contributed by atoms with E-state index in [1.807, 2.05) is 13.0 Å². The molecule has 1 N–H and O–H groups in total. The first-order valence-corrected chi connectivity index (χ1v) is 7.86. The quantitative estimate of drug-likeness (QED) is 0.897. The van der Waals surface area contributed by atoms with E-state index in [1.54, 1.807) is 12.1 Å². The number of halogens is 2. The molecule has 120 valence electrons. The van der Waals surface area contributed by atoms with Crippen LogP contribution in [0.2, 0.25) is 0 Å². The third-order valence-corrected chi connectivity index (χ3v) is 4.43. The van der Waals surface area contributed by atoms with Gasteiger partial charge in [-0.05, 0) is 59.7 Å². The van der Waals surface area contributed by atoms with Gasteiger partial charge in [0.15, 0.2) is 0 Å². The van der Waals surface area contributed by atoms with Crippen LogP contribution >= 0.6 is 0 Å². The van der Waals surface area contributed by atoms with Crippen LogP contribution < -0.4 is 5.32 Å². The fraction of sp³-hybridized carbons (Fsp3) is 0.316. The van der Waals surface area contributed by atoms with Gasteiger partial charge in [-0.1, -0.05) is 25.1 Å². The summed E-state index contributed by atoms with van der Waals surface area (Å²) in [6, 6.07) is 10.9. The Balaban J connectivity index is 1.64. The Morgan fingerprint density at radius 1 is 1.22 bits per heavy atom. The minimum absolute atomic E-state index is 0.0703. The number of carbonyl (C=O) groups excluding carboxylic acids is 1. The van der Waals surface area contributed by atoms with Gasteiger partial charge in [0.2, 0.25) is 5.91 Å². The molecule has 0 spiro atoms. The largest absolute Gasteiger partial charge is 0.349 e. The van der Waals surface area contributed by atoms with E-state index in [1.165, 1.54) is 24.3 Å². The number of benzene rings is 2. The third kappa shape index (κ3) is 3.58. The number of nitrogens with one attached hydrogen (secondary N) is 1. The second-order valence-electron chi connectivity index (χ2n) is 6.16. The average Bonchev–Trinajstić information content (AvgIpc) is 2.89. The van der Waals surface area contributed by atoms with Crippen molar-refractivity contribution >= 4 is 5.91 Å². The molecule has 1 amide bonds. The molecule has 0 aliphatic heterocycles.